The van der Waals surface area contributed by atoms with Gasteiger partial charge < -0.3 is 20.2 Å². The van der Waals surface area contributed by atoms with Crippen LogP contribution >= 0.6 is 0 Å². The molecule has 59 heavy (non-hydrogen) atoms. The second-order valence-corrected chi connectivity index (χ2v) is 16.3. The Kier molecular flexibility index (Phi) is 11.4. The fourth-order valence-corrected chi connectivity index (χ4v) is 8.43. The molecule has 2 aliphatic heterocycles. The number of halogens is 3. The maximum atomic E-state index is 13.5. The zero-order chi connectivity index (χ0) is 42.4. The SMILES string of the molecule is CN(CCCN(C)c1cccc2c1C(=O)N(C1CCC(=O)NC1=O)C2=O)CC1CCC(n2cc3cc(NC(=O)c4cccc(C(F)(F)F)n4)c(C(C)(C)O)cc3n2)CC1. The maximum absolute atomic E-state index is 13.5. The number of anilines is 2. The lowest BCUT2D eigenvalue weighted by Crippen LogP contribution is -2.54. The largest absolute Gasteiger partial charge is 0.433 e. The minimum atomic E-state index is -4.71. The molecule has 0 radical (unpaired) electrons. The van der Waals surface area contributed by atoms with Crippen molar-refractivity contribution in [2.45, 2.75) is 82.7 Å². The Labute approximate surface area is 338 Å². The molecule has 4 aromatic rings. The maximum Gasteiger partial charge on any atom is 0.433 e. The van der Waals surface area contributed by atoms with Gasteiger partial charge in [0.25, 0.3) is 17.7 Å². The zero-order valence-corrected chi connectivity index (χ0v) is 33.3. The lowest BCUT2D eigenvalue weighted by molar-refractivity contribution is -0.141. The molecule has 14 nitrogen and oxygen atoms in total. The molecule has 312 valence electrons. The summed E-state index contributed by atoms with van der Waals surface area (Å²) in [5.74, 6) is -2.48. The number of imide groups is 2. The molecular weight excluding hydrogens is 770 g/mol. The molecule has 2 aromatic carbocycles. The topological polar surface area (TPSA) is 170 Å². The van der Waals surface area contributed by atoms with Crippen LogP contribution in [-0.2, 0) is 21.4 Å². The van der Waals surface area contributed by atoms with E-state index in [2.05, 4.69) is 27.6 Å². The van der Waals surface area contributed by atoms with Crippen molar-refractivity contribution in [3.05, 3.63) is 82.8 Å². The lowest BCUT2D eigenvalue weighted by atomic mass is 9.86. The second kappa shape index (κ2) is 16.2. The Balaban J connectivity index is 0.925. The van der Waals surface area contributed by atoms with E-state index in [1.54, 1.807) is 44.2 Å². The zero-order valence-electron chi connectivity index (χ0n) is 33.3. The van der Waals surface area contributed by atoms with Crippen LogP contribution in [0.1, 0.15) is 107 Å². The third-order valence-electron chi connectivity index (χ3n) is 11.5. The average Bonchev–Trinajstić information content (AvgIpc) is 3.71. The van der Waals surface area contributed by atoms with E-state index >= 15 is 0 Å². The summed E-state index contributed by atoms with van der Waals surface area (Å²) in [5.41, 5.74) is -0.604. The van der Waals surface area contributed by atoms with Crippen LogP contribution in [0.25, 0.3) is 10.9 Å². The lowest BCUT2D eigenvalue weighted by Gasteiger charge is -2.31. The summed E-state index contributed by atoms with van der Waals surface area (Å²) in [4.78, 5) is 72.8. The van der Waals surface area contributed by atoms with Crippen molar-refractivity contribution in [1.29, 1.82) is 0 Å². The van der Waals surface area contributed by atoms with Gasteiger partial charge >= 0.3 is 6.18 Å². The van der Waals surface area contributed by atoms with Crippen molar-refractivity contribution in [2.75, 3.05) is 43.9 Å². The Morgan fingerprint density at radius 3 is 2.39 bits per heavy atom. The molecule has 1 atom stereocenters. The number of piperidine rings is 1. The Bertz CT molecular complexity index is 2310. The number of hydrogen-bond donors (Lipinski definition) is 3. The molecule has 0 spiro atoms. The molecular formula is C42H47F3N8O6. The first kappa shape index (κ1) is 41.5. The number of alkyl halides is 3. The van der Waals surface area contributed by atoms with Gasteiger partial charge in [-0.15, -0.1) is 0 Å². The minimum absolute atomic E-state index is 0.0580. The van der Waals surface area contributed by atoms with Gasteiger partial charge in [0.05, 0.1) is 34.0 Å². The standard InChI is InChI=1S/C42H47F3N8O6/c1-41(2,59)28-21-30-25(20-31(28)47-37(55)29-9-6-11-34(46-29)42(43,44)45)23-52(49-30)26-14-12-24(13-15-26)22-50(3)18-7-19-51(4)32-10-5-8-27-36(32)40(58)53(39(27)57)33-16-17-35(54)48-38(33)56/h5-6,8-11,20-21,23-24,26,33,59H,7,12-19,22H2,1-4H3,(H,47,55)(H,48,54,56). The Morgan fingerprint density at radius 2 is 1.69 bits per heavy atom. The Hall–Kier alpha value is -5.68. The average molecular weight is 817 g/mol. The highest BCUT2D eigenvalue weighted by Gasteiger charge is 2.46. The number of pyridine rings is 1. The van der Waals surface area contributed by atoms with Gasteiger partial charge in [-0.2, -0.15) is 18.3 Å². The van der Waals surface area contributed by atoms with Crippen molar-refractivity contribution < 1.29 is 42.3 Å². The highest BCUT2D eigenvalue weighted by atomic mass is 19.4. The summed E-state index contributed by atoms with van der Waals surface area (Å²) in [6.45, 7) is 5.46. The first-order valence-electron chi connectivity index (χ1n) is 19.7. The van der Waals surface area contributed by atoms with Gasteiger partial charge in [0.2, 0.25) is 11.8 Å². The first-order chi connectivity index (χ1) is 27.9. The summed E-state index contributed by atoms with van der Waals surface area (Å²) in [5, 5.41) is 21.4. The molecule has 1 unspecified atom stereocenters. The van der Waals surface area contributed by atoms with E-state index in [0.717, 1.165) is 62.2 Å². The Morgan fingerprint density at radius 1 is 0.966 bits per heavy atom. The molecule has 7 rings (SSSR count). The van der Waals surface area contributed by atoms with Crippen LogP contribution in [0.2, 0.25) is 0 Å². The molecule has 0 bridgehead atoms. The number of carbonyl (C=O) groups excluding carboxylic acids is 5. The number of nitrogens with one attached hydrogen (secondary N) is 2. The van der Waals surface area contributed by atoms with Crippen molar-refractivity contribution in [1.82, 2.24) is 29.9 Å². The number of aliphatic hydroxyl groups is 1. The van der Waals surface area contributed by atoms with Crippen molar-refractivity contribution in [3.8, 4) is 0 Å². The quantitative estimate of drug-likeness (QED) is 0.155. The van der Waals surface area contributed by atoms with Crippen LogP contribution < -0.4 is 15.5 Å². The number of benzene rings is 2. The summed E-state index contributed by atoms with van der Waals surface area (Å²) >= 11 is 0. The number of fused-ring (bicyclic) bond motifs is 2. The van der Waals surface area contributed by atoms with Gasteiger partial charge in [0, 0.05) is 49.4 Å². The molecule has 3 N–H and O–H groups in total. The molecule has 2 aromatic heterocycles. The van der Waals surface area contributed by atoms with Crippen LogP contribution in [0.4, 0.5) is 24.5 Å². The summed E-state index contributed by atoms with van der Waals surface area (Å²) < 4.78 is 41.7. The summed E-state index contributed by atoms with van der Waals surface area (Å²) in [6, 6.07) is 10.7. The van der Waals surface area contributed by atoms with Gasteiger partial charge in [-0.3, -0.25) is 38.9 Å². The van der Waals surface area contributed by atoms with E-state index in [1.165, 1.54) is 6.07 Å². The molecule has 1 saturated heterocycles. The summed E-state index contributed by atoms with van der Waals surface area (Å²) in [6.07, 6.45) is 1.93. The predicted molar refractivity (Wildman–Crippen MR) is 212 cm³/mol. The number of amides is 5. The number of hydrogen-bond acceptors (Lipinski definition) is 10. The highest BCUT2D eigenvalue weighted by molar-refractivity contribution is 6.25. The molecule has 5 amide bonds. The highest BCUT2D eigenvalue weighted by Crippen LogP contribution is 2.37. The van der Waals surface area contributed by atoms with Crippen LogP contribution in [-0.4, -0.2) is 99.0 Å². The van der Waals surface area contributed by atoms with Crippen LogP contribution in [0.5, 0.6) is 0 Å². The predicted octanol–water partition coefficient (Wildman–Crippen LogP) is 5.52. The van der Waals surface area contributed by atoms with Gasteiger partial charge in [0.15, 0.2) is 0 Å². The monoisotopic (exact) mass is 816 g/mol. The fraction of sp³-hybridized carbons (Fsp3) is 0.452. The molecule has 2 fully saturated rings. The van der Waals surface area contributed by atoms with Gasteiger partial charge in [0.1, 0.15) is 17.4 Å². The van der Waals surface area contributed by atoms with Gasteiger partial charge in [-0.25, -0.2) is 4.98 Å². The molecule has 4 heterocycles. The minimum Gasteiger partial charge on any atom is -0.386 e. The molecule has 1 saturated carbocycles. The molecule has 1 aliphatic carbocycles. The third kappa shape index (κ3) is 8.71. The van der Waals surface area contributed by atoms with E-state index in [0.29, 0.717) is 34.6 Å². The smallest absolute Gasteiger partial charge is 0.386 e. The third-order valence-corrected chi connectivity index (χ3v) is 11.5. The van der Waals surface area contributed by atoms with Crippen LogP contribution in [0.15, 0.2) is 54.7 Å². The van der Waals surface area contributed by atoms with E-state index in [4.69, 9.17) is 5.10 Å². The van der Waals surface area contributed by atoms with E-state index in [1.807, 2.05) is 22.8 Å². The van der Waals surface area contributed by atoms with E-state index in [9.17, 15) is 42.3 Å². The normalized spacial score (nSPS) is 20.0. The molecule has 17 heteroatoms. The van der Waals surface area contributed by atoms with Crippen molar-refractivity contribution in [3.63, 3.8) is 0 Å². The fourth-order valence-electron chi connectivity index (χ4n) is 8.43. The van der Waals surface area contributed by atoms with Crippen molar-refractivity contribution in [2.24, 2.45) is 5.92 Å². The van der Waals surface area contributed by atoms with E-state index < -0.39 is 58.7 Å². The number of aromatic nitrogens is 3. The second-order valence-electron chi connectivity index (χ2n) is 16.3. The molecule has 3 aliphatic rings. The van der Waals surface area contributed by atoms with Crippen LogP contribution in [0, 0.1) is 5.92 Å². The summed E-state index contributed by atoms with van der Waals surface area (Å²) in [7, 11) is 3.97. The first-order valence-corrected chi connectivity index (χ1v) is 19.7. The van der Waals surface area contributed by atoms with Gasteiger partial charge in [-0.1, -0.05) is 12.1 Å². The van der Waals surface area contributed by atoms with E-state index in [-0.39, 0.29) is 35.7 Å². The van der Waals surface area contributed by atoms with Crippen LogP contribution in [0.3, 0.4) is 0 Å². The number of rotatable bonds is 12. The number of nitrogens with zero attached hydrogens (tertiary/aromatic N) is 6. The van der Waals surface area contributed by atoms with Crippen molar-refractivity contribution >= 4 is 51.8 Å². The van der Waals surface area contributed by atoms with Gasteiger partial charge in [-0.05, 0) is 108 Å². The number of carbonyl (C=O) groups is 5.